The topological polar surface area (TPSA) is 74.8 Å². The lowest BCUT2D eigenvalue weighted by Crippen LogP contribution is -2.68. The second-order valence-corrected chi connectivity index (χ2v) is 8.75. The van der Waals surface area contributed by atoms with Crippen LogP contribution in [0.1, 0.15) is 31.0 Å². The summed E-state index contributed by atoms with van der Waals surface area (Å²) in [7, 11) is 3.16. The minimum atomic E-state index is -0.754. The third kappa shape index (κ3) is 2.25. The summed E-state index contributed by atoms with van der Waals surface area (Å²) in [6, 6.07) is 5.99. The summed E-state index contributed by atoms with van der Waals surface area (Å²) < 4.78 is 10.9. The molecule has 2 aromatic rings. The van der Waals surface area contributed by atoms with Crippen LogP contribution in [0.4, 0.5) is 0 Å². The summed E-state index contributed by atoms with van der Waals surface area (Å²) >= 11 is 0. The van der Waals surface area contributed by atoms with Gasteiger partial charge in [0, 0.05) is 41.6 Å². The lowest BCUT2D eigenvalue weighted by Gasteiger charge is -2.58. The Morgan fingerprint density at radius 1 is 1.39 bits per heavy atom. The number of carbonyl (C=O) groups is 1. The number of nitrogens with zero attached hydrogens (tertiary/aromatic N) is 1. The molecule has 2 saturated heterocycles. The van der Waals surface area contributed by atoms with Crippen molar-refractivity contribution < 1.29 is 19.4 Å². The predicted molar refractivity (Wildman–Crippen MR) is 106 cm³/mol. The molecule has 0 amide bonds. The number of methoxy groups -OCH3 is 2. The van der Waals surface area contributed by atoms with Gasteiger partial charge >= 0.3 is 5.97 Å². The Balaban J connectivity index is 1.78. The number of rotatable bonds is 3. The van der Waals surface area contributed by atoms with Crippen LogP contribution in [0.25, 0.3) is 10.9 Å². The van der Waals surface area contributed by atoms with Gasteiger partial charge in [-0.25, -0.2) is 0 Å². The summed E-state index contributed by atoms with van der Waals surface area (Å²) in [5, 5.41) is 11.7. The van der Waals surface area contributed by atoms with E-state index in [0.717, 1.165) is 54.7 Å². The first-order valence-electron chi connectivity index (χ1n) is 10.2. The molecule has 1 saturated carbocycles. The van der Waals surface area contributed by atoms with Crippen LogP contribution in [0.3, 0.4) is 0 Å². The van der Waals surface area contributed by atoms with E-state index in [-0.39, 0.29) is 17.9 Å². The first-order valence-corrected chi connectivity index (χ1v) is 10.2. The van der Waals surface area contributed by atoms with Crippen molar-refractivity contribution in [1.82, 2.24) is 9.88 Å². The van der Waals surface area contributed by atoms with Gasteiger partial charge in [-0.15, -0.1) is 0 Å². The molecule has 0 spiro atoms. The average molecular weight is 384 g/mol. The molecule has 4 heterocycles. The molecule has 3 aliphatic heterocycles. The van der Waals surface area contributed by atoms with E-state index in [1.807, 2.05) is 19.1 Å². The molecule has 28 heavy (non-hydrogen) atoms. The van der Waals surface area contributed by atoms with Gasteiger partial charge in [0.1, 0.15) is 11.2 Å². The Bertz CT molecular complexity index is 936. The van der Waals surface area contributed by atoms with Crippen molar-refractivity contribution >= 4 is 16.9 Å². The monoisotopic (exact) mass is 384 g/mol. The Morgan fingerprint density at radius 2 is 2.21 bits per heavy atom. The Labute approximate surface area is 164 Å². The van der Waals surface area contributed by atoms with Crippen molar-refractivity contribution in [2.45, 2.75) is 43.7 Å². The lowest BCUT2D eigenvalue weighted by atomic mass is 9.56. The number of piperidine rings is 2. The third-order valence-corrected chi connectivity index (χ3v) is 7.39. The molecular formula is C22H28N2O4. The fourth-order valence-electron chi connectivity index (χ4n) is 6.38. The zero-order valence-corrected chi connectivity index (χ0v) is 16.7. The van der Waals surface area contributed by atoms with E-state index in [2.05, 4.69) is 16.0 Å². The highest BCUT2D eigenvalue weighted by Crippen LogP contribution is 2.55. The number of nitrogens with one attached hydrogen (secondary N) is 1. The molecule has 4 aliphatic rings. The molecule has 1 unspecified atom stereocenters. The van der Waals surface area contributed by atoms with Gasteiger partial charge in [0.2, 0.25) is 0 Å². The minimum Gasteiger partial charge on any atom is -0.497 e. The Morgan fingerprint density at radius 3 is 2.93 bits per heavy atom. The van der Waals surface area contributed by atoms with Crippen LogP contribution in [0, 0.1) is 11.8 Å². The number of fused-ring (bicyclic) bond motifs is 4. The summed E-state index contributed by atoms with van der Waals surface area (Å²) in [6.07, 6.45) is 2.17. The third-order valence-electron chi connectivity index (χ3n) is 7.39. The number of aromatic amines is 1. The minimum absolute atomic E-state index is 0.0406. The van der Waals surface area contributed by atoms with Crippen molar-refractivity contribution in [2.75, 3.05) is 27.3 Å². The standard InChI is InChI=1S/C22H28N2O4/c1-12(25)16-8-13-10-22(21(26)28-3)19-15(6-7-24(11-13)20(16)22)17-9-14(27-2)4-5-18(17)23-19/h4-5,9,12-13,16,20,23,25H,6-8,10-11H2,1-3H3/t12-,13+,16+,20-,22+/m0/s1. The van der Waals surface area contributed by atoms with Gasteiger partial charge in [-0.05, 0) is 55.9 Å². The predicted octanol–water partition coefficient (Wildman–Crippen LogP) is 2.23. The first kappa shape index (κ1) is 18.0. The van der Waals surface area contributed by atoms with Gasteiger partial charge in [0.15, 0.2) is 0 Å². The van der Waals surface area contributed by atoms with E-state index in [1.54, 1.807) is 7.11 Å². The van der Waals surface area contributed by atoms with Crippen LogP contribution in [0.5, 0.6) is 5.75 Å². The number of esters is 1. The smallest absolute Gasteiger partial charge is 0.319 e. The quantitative estimate of drug-likeness (QED) is 0.794. The number of aromatic nitrogens is 1. The number of aliphatic hydroxyl groups is 1. The van der Waals surface area contributed by atoms with Crippen LogP contribution in [0.2, 0.25) is 0 Å². The highest BCUT2D eigenvalue weighted by molar-refractivity contribution is 5.92. The van der Waals surface area contributed by atoms with Crippen LogP contribution in [0.15, 0.2) is 18.2 Å². The second-order valence-electron chi connectivity index (χ2n) is 8.75. The zero-order valence-electron chi connectivity index (χ0n) is 16.7. The fraction of sp³-hybridized carbons (Fsp3) is 0.591. The molecule has 150 valence electrons. The maximum Gasteiger partial charge on any atom is 0.319 e. The van der Waals surface area contributed by atoms with E-state index in [0.29, 0.717) is 5.92 Å². The lowest BCUT2D eigenvalue weighted by molar-refractivity contribution is -0.166. The van der Waals surface area contributed by atoms with Crippen molar-refractivity contribution in [3.8, 4) is 5.75 Å². The van der Waals surface area contributed by atoms with Gasteiger partial charge in [-0.3, -0.25) is 9.69 Å². The fourth-order valence-corrected chi connectivity index (χ4v) is 6.38. The molecule has 1 aliphatic carbocycles. The van der Waals surface area contributed by atoms with Gasteiger partial charge < -0.3 is 19.6 Å². The van der Waals surface area contributed by atoms with Crippen molar-refractivity contribution in [3.05, 3.63) is 29.5 Å². The molecule has 6 rings (SSSR count). The average Bonchev–Trinajstić information content (AvgIpc) is 3.04. The van der Waals surface area contributed by atoms with Crippen LogP contribution in [-0.2, 0) is 21.4 Å². The molecule has 1 aromatic carbocycles. The second kappa shape index (κ2) is 6.22. The van der Waals surface area contributed by atoms with Crippen molar-refractivity contribution in [3.63, 3.8) is 0 Å². The van der Waals surface area contributed by atoms with E-state index in [4.69, 9.17) is 9.47 Å². The van der Waals surface area contributed by atoms with E-state index in [9.17, 15) is 9.90 Å². The summed E-state index contributed by atoms with van der Waals surface area (Å²) in [6.45, 7) is 3.75. The van der Waals surface area contributed by atoms with Gasteiger partial charge in [-0.1, -0.05) is 0 Å². The maximum atomic E-state index is 13.4. The highest BCUT2D eigenvalue weighted by atomic mass is 16.5. The Hall–Kier alpha value is -2.05. The van der Waals surface area contributed by atoms with Crippen LogP contribution >= 0.6 is 0 Å². The molecule has 0 radical (unpaired) electrons. The van der Waals surface area contributed by atoms with Crippen molar-refractivity contribution in [2.24, 2.45) is 11.8 Å². The molecule has 1 aromatic heterocycles. The van der Waals surface area contributed by atoms with E-state index >= 15 is 0 Å². The molecule has 4 bridgehead atoms. The van der Waals surface area contributed by atoms with E-state index in [1.165, 1.54) is 12.7 Å². The zero-order chi connectivity index (χ0) is 19.6. The van der Waals surface area contributed by atoms with Crippen LogP contribution in [-0.4, -0.2) is 60.4 Å². The molecule has 6 atom stereocenters. The highest BCUT2D eigenvalue weighted by Gasteiger charge is 2.63. The SMILES string of the molecule is COC(=O)[C@@]12C[C@H]3C[C@H]([C@H](C)O)[C@@H]1N(CCc1c2[nH]c2ccc(OC)cc12)C3. The first-order chi connectivity index (χ1) is 13.5. The largest absolute Gasteiger partial charge is 0.497 e. The van der Waals surface area contributed by atoms with Crippen LogP contribution < -0.4 is 4.74 Å². The Kier molecular flexibility index (Phi) is 4.00. The number of aliphatic hydroxyl groups excluding tert-OH is 1. The molecule has 6 nitrogen and oxygen atoms in total. The number of carbonyl (C=O) groups excluding carboxylic acids is 1. The summed E-state index contributed by atoms with van der Waals surface area (Å²) in [5.74, 6) is 1.09. The summed E-state index contributed by atoms with van der Waals surface area (Å²) in [5.41, 5.74) is 2.46. The normalized spacial score (nSPS) is 34.6. The number of ether oxygens (including phenoxy) is 2. The molecular weight excluding hydrogens is 356 g/mol. The number of hydrogen-bond donors (Lipinski definition) is 2. The molecule has 3 fully saturated rings. The van der Waals surface area contributed by atoms with E-state index < -0.39 is 11.5 Å². The van der Waals surface area contributed by atoms with Gasteiger partial charge in [0.25, 0.3) is 0 Å². The number of H-pyrrole nitrogens is 1. The molecule has 2 N–H and O–H groups in total. The maximum absolute atomic E-state index is 13.4. The van der Waals surface area contributed by atoms with Crippen molar-refractivity contribution in [1.29, 1.82) is 0 Å². The van der Waals surface area contributed by atoms with Gasteiger partial charge in [-0.2, -0.15) is 0 Å². The number of benzene rings is 1. The summed E-state index contributed by atoms with van der Waals surface area (Å²) in [4.78, 5) is 19.4. The molecule has 6 heteroatoms. The number of hydrogen-bond acceptors (Lipinski definition) is 5. The van der Waals surface area contributed by atoms with Gasteiger partial charge in [0.05, 0.1) is 20.3 Å².